The standard InChI is InChI=1S/C61H44N4/c1-37-24-38(2)27-46(26-37)44-16-22-59-55(32-44)51-10-6-8-12-57(51)64(59)48-18-20-50(49-19-14-42(35-62)30-41(49)5)53(34-48)54-31-43(36-63)15-21-60(54)65-58-13-9-7-11-52(58)56-33-45(17-23-61(56)65)47-28-39(3)25-40(4)29-47/h6-34H,1-5H3. The van der Waals surface area contributed by atoms with E-state index in [2.05, 4.69) is 208 Å². The summed E-state index contributed by atoms with van der Waals surface area (Å²) in [6.07, 6.45) is 0. The first-order valence-corrected chi connectivity index (χ1v) is 22.1. The number of aryl methyl sites for hydroxylation is 5. The van der Waals surface area contributed by atoms with E-state index in [-0.39, 0.29) is 0 Å². The molecule has 0 aliphatic heterocycles. The van der Waals surface area contributed by atoms with E-state index >= 15 is 0 Å². The normalized spacial score (nSPS) is 11.4. The van der Waals surface area contributed by atoms with Gasteiger partial charge in [0.15, 0.2) is 0 Å². The molecule has 0 saturated carbocycles. The Morgan fingerprint density at radius 2 is 0.831 bits per heavy atom. The Bertz CT molecular complexity index is 3820. The predicted octanol–water partition coefficient (Wildman–Crippen LogP) is 15.8. The number of benzene rings is 9. The van der Waals surface area contributed by atoms with Gasteiger partial charge in [-0.25, -0.2) is 0 Å². The Morgan fingerprint density at radius 3 is 1.40 bits per heavy atom. The summed E-state index contributed by atoms with van der Waals surface area (Å²) < 4.78 is 4.74. The lowest BCUT2D eigenvalue weighted by molar-refractivity contribution is 1.17. The summed E-state index contributed by atoms with van der Waals surface area (Å²) in [4.78, 5) is 0. The molecule has 0 unspecified atom stereocenters. The van der Waals surface area contributed by atoms with Crippen LogP contribution in [0.5, 0.6) is 0 Å². The van der Waals surface area contributed by atoms with E-state index in [1.807, 2.05) is 24.3 Å². The third-order valence-corrected chi connectivity index (χ3v) is 13.0. The number of nitriles is 2. The van der Waals surface area contributed by atoms with Gasteiger partial charge in [0.05, 0.1) is 51.0 Å². The van der Waals surface area contributed by atoms with Crippen LogP contribution in [0.15, 0.2) is 176 Å². The molecular formula is C61H44N4. The molecule has 308 valence electrons. The van der Waals surface area contributed by atoms with E-state index in [1.54, 1.807) is 0 Å². The molecule has 4 nitrogen and oxygen atoms in total. The lowest BCUT2D eigenvalue weighted by atomic mass is 9.89. The first-order valence-electron chi connectivity index (χ1n) is 22.1. The highest BCUT2D eigenvalue weighted by Gasteiger charge is 2.22. The van der Waals surface area contributed by atoms with Crippen LogP contribution in [0.25, 0.3) is 99.5 Å². The fraction of sp³-hybridized carbons (Fsp3) is 0.0820. The van der Waals surface area contributed by atoms with Crippen molar-refractivity contribution < 1.29 is 0 Å². The van der Waals surface area contributed by atoms with Crippen LogP contribution in [0.4, 0.5) is 0 Å². The van der Waals surface area contributed by atoms with Crippen molar-refractivity contribution in [2.24, 2.45) is 0 Å². The third kappa shape index (κ3) is 6.67. The van der Waals surface area contributed by atoms with Crippen LogP contribution in [-0.2, 0) is 0 Å². The van der Waals surface area contributed by atoms with Gasteiger partial charge in [0.1, 0.15) is 0 Å². The van der Waals surface area contributed by atoms with Gasteiger partial charge in [0, 0.05) is 32.8 Å². The predicted molar refractivity (Wildman–Crippen MR) is 270 cm³/mol. The molecule has 0 spiro atoms. The number of hydrogen-bond acceptors (Lipinski definition) is 2. The summed E-state index contributed by atoms with van der Waals surface area (Å²) in [5.41, 5.74) is 22.3. The molecular weight excluding hydrogens is 789 g/mol. The average molecular weight is 833 g/mol. The fourth-order valence-electron chi connectivity index (χ4n) is 10.3. The van der Waals surface area contributed by atoms with Gasteiger partial charge in [-0.2, -0.15) is 10.5 Å². The fourth-order valence-corrected chi connectivity index (χ4v) is 10.3. The van der Waals surface area contributed by atoms with Crippen molar-refractivity contribution in [3.63, 3.8) is 0 Å². The summed E-state index contributed by atoms with van der Waals surface area (Å²) in [7, 11) is 0. The minimum absolute atomic E-state index is 0.574. The maximum absolute atomic E-state index is 10.5. The van der Waals surface area contributed by atoms with Crippen molar-refractivity contribution in [2.75, 3.05) is 0 Å². The van der Waals surface area contributed by atoms with E-state index < -0.39 is 0 Å². The number of hydrogen-bond donors (Lipinski definition) is 0. The highest BCUT2D eigenvalue weighted by Crippen LogP contribution is 2.44. The molecule has 0 N–H and O–H groups in total. The summed E-state index contributed by atoms with van der Waals surface area (Å²) in [5, 5.41) is 25.1. The lowest BCUT2D eigenvalue weighted by Gasteiger charge is -2.20. The van der Waals surface area contributed by atoms with Crippen molar-refractivity contribution in [3.8, 4) is 68.0 Å². The Hall–Kier alpha value is -8.44. The van der Waals surface area contributed by atoms with Crippen LogP contribution in [-0.4, -0.2) is 9.13 Å². The largest absolute Gasteiger partial charge is 0.309 e. The van der Waals surface area contributed by atoms with Crippen LogP contribution < -0.4 is 0 Å². The topological polar surface area (TPSA) is 57.4 Å². The SMILES string of the molecule is Cc1cc(C)cc(-c2ccc3c(c2)c2ccccc2n3-c2ccc(-c3ccc(C#N)cc3C)c(-c3cc(C#N)ccc3-n3c4ccccc4c4cc(-c5cc(C)cc(C)c5)ccc43)c2)c1. The van der Waals surface area contributed by atoms with Gasteiger partial charge >= 0.3 is 0 Å². The van der Waals surface area contributed by atoms with Crippen LogP contribution in [0.2, 0.25) is 0 Å². The molecule has 0 aliphatic carbocycles. The number of para-hydroxylation sites is 2. The second-order valence-electron chi connectivity index (χ2n) is 17.6. The van der Waals surface area contributed by atoms with Crippen LogP contribution >= 0.6 is 0 Å². The van der Waals surface area contributed by atoms with Crippen molar-refractivity contribution in [3.05, 3.63) is 215 Å². The van der Waals surface area contributed by atoms with Crippen LogP contribution in [0.3, 0.4) is 0 Å². The third-order valence-electron chi connectivity index (χ3n) is 13.0. The summed E-state index contributed by atoms with van der Waals surface area (Å²) in [6.45, 7) is 10.7. The van der Waals surface area contributed by atoms with Crippen molar-refractivity contribution >= 4 is 43.6 Å². The van der Waals surface area contributed by atoms with Gasteiger partial charge in [0.2, 0.25) is 0 Å². The molecule has 0 atom stereocenters. The zero-order valence-corrected chi connectivity index (χ0v) is 37.0. The Kier molecular flexibility index (Phi) is 9.35. The summed E-state index contributed by atoms with van der Waals surface area (Å²) in [5.74, 6) is 0. The van der Waals surface area contributed by atoms with Crippen molar-refractivity contribution in [1.29, 1.82) is 10.5 Å². The molecule has 0 radical (unpaired) electrons. The second kappa shape index (κ2) is 15.4. The van der Waals surface area contributed by atoms with E-state index in [1.165, 1.54) is 55.3 Å². The quantitative estimate of drug-likeness (QED) is 0.168. The Labute approximate surface area is 379 Å². The molecule has 0 aliphatic rings. The van der Waals surface area contributed by atoms with Crippen molar-refractivity contribution in [2.45, 2.75) is 34.6 Å². The van der Waals surface area contributed by atoms with E-state index in [0.29, 0.717) is 11.1 Å². The number of fused-ring (bicyclic) bond motifs is 6. The Morgan fingerprint density at radius 1 is 0.338 bits per heavy atom. The van der Waals surface area contributed by atoms with Gasteiger partial charge < -0.3 is 9.13 Å². The van der Waals surface area contributed by atoms with Crippen LogP contribution in [0, 0.1) is 57.3 Å². The number of nitrogens with zero attached hydrogens (tertiary/aromatic N) is 4. The smallest absolute Gasteiger partial charge is 0.0991 e. The first kappa shape index (κ1) is 39.4. The second-order valence-corrected chi connectivity index (χ2v) is 17.6. The highest BCUT2D eigenvalue weighted by atomic mass is 15.0. The number of aromatic nitrogens is 2. The zero-order valence-electron chi connectivity index (χ0n) is 37.0. The van der Waals surface area contributed by atoms with Gasteiger partial charge in [-0.1, -0.05) is 119 Å². The molecule has 0 saturated heterocycles. The van der Waals surface area contributed by atoms with E-state index in [4.69, 9.17) is 0 Å². The van der Waals surface area contributed by atoms with Gasteiger partial charge in [0.25, 0.3) is 0 Å². The Balaban J connectivity index is 1.19. The average Bonchev–Trinajstić information content (AvgIpc) is 3.82. The highest BCUT2D eigenvalue weighted by molar-refractivity contribution is 6.12. The summed E-state index contributed by atoms with van der Waals surface area (Å²) in [6, 6.07) is 67.9. The maximum Gasteiger partial charge on any atom is 0.0991 e. The number of rotatable bonds is 6. The zero-order chi connectivity index (χ0) is 44.5. The molecule has 2 aromatic heterocycles. The lowest BCUT2D eigenvalue weighted by Crippen LogP contribution is -2.01. The van der Waals surface area contributed by atoms with Crippen LogP contribution in [0.1, 0.15) is 38.9 Å². The van der Waals surface area contributed by atoms with E-state index in [9.17, 15) is 10.5 Å². The molecule has 2 heterocycles. The van der Waals surface area contributed by atoms with Gasteiger partial charge in [-0.15, -0.1) is 0 Å². The molecule has 0 fully saturated rings. The van der Waals surface area contributed by atoms with E-state index in [0.717, 1.165) is 72.0 Å². The molecule has 11 rings (SSSR count). The maximum atomic E-state index is 10.5. The molecule has 65 heavy (non-hydrogen) atoms. The molecule has 9 aromatic carbocycles. The molecule has 0 amide bonds. The summed E-state index contributed by atoms with van der Waals surface area (Å²) >= 11 is 0. The molecule has 11 aromatic rings. The monoisotopic (exact) mass is 832 g/mol. The van der Waals surface area contributed by atoms with Gasteiger partial charge in [-0.05, 0) is 158 Å². The first-order chi connectivity index (χ1) is 31.6. The van der Waals surface area contributed by atoms with Crippen molar-refractivity contribution in [1.82, 2.24) is 9.13 Å². The molecule has 0 bridgehead atoms. The minimum atomic E-state index is 0.574. The molecule has 4 heteroatoms. The minimum Gasteiger partial charge on any atom is -0.309 e. The van der Waals surface area contributed by atoms with Gasteiger partial charge in [-0.3, -0.25) is 0 Å².